The van der Waals surface area contributed by atoms with Crippen molar-refractivity contribution >= 4 is 11.3 Å². The highest BCUT2D eigenvalue weighted by Crippen LogP contribution is 2.21. The molecule has 0 spiro atoms. The molecule has 0 unspecified atom stereocenters. The van der Waals surface area contributed by atoms with Crippen molar-refractivity contribution in [3.63, 3.8) is 0 Å². The Morgan fingerprint density at radius 2 is 2.32 bits per heavy atom. The van der Waals surface area contributed by atoms with Crippen molar-refractivity contribution in [1.82, 2.24) is 5.32 Å². The monoisotopic (exact) mass is 277 g/mol. The van der Waals surface area contributed by atoms with Gasteiger partial charge in [0.15, 0.2) is 0 Å². The van der Waals surface area contributed by atoms with Crippen LogP contribution in [-0.4, -0.2) is 6.04 Å². The SMILES string of the molecule is Cc1cc(COCc2cccs2)oc1CNC1CC1. The third-order valence-electron chi connectivity index (χ3n) is 3.27. The van der Waals surface area contributed by atoms with Crippen LogP contribution in [0.4, 0.5) is 0 Å². The van der Waals surface area contributed by atoms with E-state index in [1.165, 1.54) is 23.3 Å². The molecule has 0 bridgehead atoms. The van der Waals surface area contributed by atoms with Crippen LogP contribution in [0.25, 0.3) is 0 Å². The molecule has 0 amide bonds. The van der Waals surface area contributed by atoms with Crippen molar-refractivity contribution in [3.8, 4) is 0 Å². The number of aryl methyl sites for hydroxylation is 1. The molecule has 2 aromatic heterocycles. The molecule has 19 heavy (non-hydrogen) atoms. The number of hydrogen-bond acceptors (Lipinski definition) is 4. The number of thiophene rings is 1. The van der Waals surface area contributed by atoms with E-state index in [0.717, 1.165) is 18.1 Å². The fraction of sp³-hybridized carbons (Fsp3) is 0.467. The molecule has 1 aliphatic rings. The summed E-state index contributed by atoms with van der Waals surface area (Å²) in [5.74, 6) is 1.96. The highest BCUT2D eigenvalue weighted by Gasteiger charge is 2.21. The molecule has 3 rings (SSSR count). The largest absolute Gasteiger partial charge is 0.462 e. The molecule has 1 fully saturated rings. The van der Waals surface area contributed by atoms with E-state index in [1.54, 1.807) is 11.3 Å². The van der Waals surface area contributed by atoms with Crippen LogP contribution in [0, 0.1) is 6.92 Å². The zero-order valence-corrected chi connectivity index (χ0v) is 12.0. The first-order valence-corrected chi connectivity index (χ1v) is 7.61. The minimum Gasteiger partial charge on any atom is -0.462 e. The summed E-state index contributed by atoms with van der Waals surface area (Å²) in [4.78, 5) is 1.25. The summed E-state index contributed by atoms with van der Waals surface area (Å²) < 4.78 is 11.5. The van der Waals surface area contributed by atoms with E-state index in [4.69, 9.17) is 9.15 Å². The fourth-order valence-electron chi connectivity index (χ4n) is 2.01. The number of furan rings is 1. The van der Waals surface area contributed by atoms with E-state index in [2.05, 4.69) is 29.8 Å². The molecule has 0 radical (unpaired) electrons. The lowest BCUT2D eigenvalue weighted by molar-refractivity contribution is 0.0938. The molecule has 102 valence electrons. The van der Waals surface area contributed by atoms with Gasteiger partial charge in [-0.3, -0.25) is 0 Å². The van der Waals surface area contributed by atoms with Crippen LogP contribution < -0.4 is 5.32 Å². The van der Waals surface area contributed by atoms with Crippen molar-refractivity contribution in [2.24, 2.45) is 0 Å². The molecule has 2 heterocycles. The summed E-state index contributed by atoms with van der Waals surface area (Å²) in [6.07, 6.45) is 2.60. The summed E-state index contributed by atoms with van der Waals surface area (Å²) in [6, 6.07) is 6.92. The standard InChI is InChI=1S/C15H19NO2S/c1-11-7-13(9-17-10-14-3-2-6-19-14)18-15(11)8-16-12-4-5-12/h2-3,6-7,12,16H,4-5,8-10H2,1H3. The van der Waals surface area contributed by atoms with Gasteiger partial charge < -0.3 is 14.5 Å². The molecule has 3 nitrogen and oxygen atoms in total. The second-order valence-corrected chi connectivity index (χ2v) is 6.08. The number of hydrogen-bond donors (Lipinski definition) is 1. The van der Waals surface area contributed by atoms with Gasteiger partial charge in [0.05, 0.1) is 13.2 Å². The maximum atomic E-state index is 5.83. The average molecular weight is 277 g/mol. The van der Waals surface area contributed by atoms with E-state index in [9.17, 15) is 0 Å². The molecular formula is C15H19NO2S. The van der Waals surface area contributed by atoms with Gasteiger partial charge in [0.25, 0.3) is 0 Å². The molecule has 0 aromatic carbocycles. The maximum absolute atomic E-state index is 5.83. The van der Waals surface area contributed by atoms with Gasteiger partial charge in [0, 0.05) is 10.9 Å². The second kappa shape index (κ2) is 5.90. The first-order valence-electron chi connectivity index (χ1n) is 6.73. The van der Waals surface area contributed by atoms with Crippen LogP contribution in [0.3, 0.4) is 0 Å². The lowest BCUT2D eigenvalue weighted by Gasteiger charge is -2.01. The molecule has 0 aliphatic heterocycles. The molecular weight excluding hydrogens is 258 g/mol. The average Bonchev–Trinajstić information content (AvgIpc) is 2.95. The topological polar surface area (TPSA) is 34.4 Å². The minimum atomic E-state index is 0.544. The molecule has 0 saturated heterocycles. The zero-order valence-electron chi connectivity index (χ0n) is 11.1. The smallest absolute Gasteiger partial charge is 0.130 e. The Hall–Kier alpha value is -1.10. The molecule has 1 N–H and O–H groups in total. The van der Waals surface area contributed by atoms with Crippen molar-refractivity contribution in [1.29, 1.82) is 0 Å². The van der Waals surface area contributed by atoms with Gasteiger partial charge in [-0.2, -0.15) is 0 Å². The Morgan fingerprint density at radius 1 is 1.42 bits per heavy atom. The highest BCUT2D eigenvalue weighted by atomic mass is 32.1. The Bertz CT molecular complexity index is 514. The van der Waals surface area contributed by atoms with Crippen molar-refractivity contribution in [2.45, 2.75) is 45.6 Å². The van der Waals surface area contributed by atoms with Gasteiger partial charge in [-0.1, -0.05) is 6.07 Å². The molecule has 4 heteroatoms. The van der Waals surface area contributed by atoms with Crippen LogP contribution >= 0.6 is 11.3 Å². The minimum absolute atomic E-state index is 0.544. The number of rotatable bonds is 7. The number of nitrogens with one attached hydrogen (secondary N) is 1. The third-order valence-corrected chi connectivity index (χ3v) is 4.12. The van der Waals surface area contributed by atoms with Gasteiger partial charge in [0.1, 0.15) is 18.1 Å². The van der Waals surface area contributed by atoms with Crippen molar-refractivity contribution in [2.75, 3.05) is 0 Å². The van der Waals surface area contributed by atoms with E-state index in [0.29, 0.717) is 19.3 Å². The lowest BCUT2D eigenvalue weighted by Crippen LogP contribution is -2.15. The highest BCUT2D eigenvalue weighted by molar-refractivity contribution is 7.09. The fourth-order valence-corrected chi connectivity index (χ4v) is 2.65. The summed E-state index contributed by atoms with van der Waals surface area (Å²) in [6.45, 7) is 4.13. The van der Waals surface area contributed by atoms with E-state index < -0.39 is 0 Å². The Labute approximate surface area is 117 Å². The van der Waals surface area contributed by atoms with Gasteiger partial charge in [-0.15, -0.1) is 11.3 Å². The number of ether oxygens (including phenoxy) is 1. The Morgan fingerprint density at radius 3 is 3.05 bits per heavy atom. The zero-order chi connectivity index (χ0) is 13.1. The summed E-state index contributed by atoms with van der Waals surface area (Å²) in [5, 5.41) is 5.54. The molecule has 2 aromatic rings. The van der Waals surface area contributed by atoms with E-state index in [1.807, 2.05) is 6.07 Å². The Balaban J connectivity index is 1.48. The van der Waals surface area contributed by atoms with Crippen LogP contribution in [0.15, 0.2) is 28.0 Å². The van der Waals surface area contributed by atoms with Crippen LogP contribution in [0.1, 0.15) is 34.8 Å². The van der Waals surface area contributed by atoms with Crippen LogP contribution in [-0.2, 0) is 24.5 Å². The predicted octanol–water partition coefficient (Wildman–Crippen LogP) is 3.62. The predicted molar refractivity (Wildman–Crippen MR) is 76.1 cm³/mol. The summed E-state index contributed by atoms with van der Waals surface area (Å²) in [5.41, 5.74) is 1.21. The van der Waals surface area contributed by atoms with Gasteiger partial charge in [-0.05, 0) is 42.8 Å². The van der Waals surface area contributed by atoms with Crippen molar-refractivity contribution in [3.05, 3.63) is 45.5 Å². The lowest BCUT2D eigenvalue weighted by atomic mass is 10.2. The second-order valence-electron chi connectivity index (χ2n) is 5.05. The molecule has 1 aliphatic carbocycles. The summed E-state index contributed by atoms with van der Waals surface area (Å²) in [7, 11) is 0. The maximum Gasteiger partial charge on any atom is 0.130 e. The van der Waals surface area contributed by atoms with Crippen LogP contribution in [0.5, 0.6) is 0 Å². The molecule has 0 atom stereocenters. The summed E-state index contributed by atoms with van der Waals surface area (Å²) >= 11 is 1.72. The van der Waals surface area contributed by atoms with Gasteiger partial charge in [-0.25, -0.2) is 0 Å². The van der Waals surface area contributed by atoms with E-state index in [-0.39, 0.29) is 0 Å². The first kappa shape index (κ1) is 12.9. The third kappa shape index (κ3) is 3.69. The van der Waals surface area contributed by atoms with Crippen molar-refractivity contribution < 1.29 is 9.15 Å². The quantitative estimate of drug-likeness (QED) is 0.839. The molecule has 1 saturated carbocycles. The van der Waals surface area contributed by atoms with Gasteiger partial charge >= 0.3 is 0 Å². The normalized spacial score (nSPS) is 15.0. The van der Waals surface area contributed by atoms with Crippen LogP contribution in [0.2, 0.25) is 0 Å². The Kier molecular flexibility index (Phi) is 4.01. The van der Waals surface area contributed by atoms with E-state index >= 15 is 0 Å². The first-order chi connectivity index (χ1) is 9.31. The van der Waals surface area contributed by atoms with Gasteiger partial charge in [0.2, 0.25) is 0 Å².